The van der Waals surface area contributed by atoms with Crippen LogP contribution in [0.15, 0.2) is 42.5 Å². The van der Waals surface area contributed by atoms with Gasteiger partial charge in [-0.2, -0.15) is 0 Å². The van der Waals surface area contributed by atoms with Gasteiger partial charge in [0, 0.05) is 0 Å². The van der Waals surface area contributed by atoms with Crippen molar-refractivity contribution in [1.82, 2.24) is 0 Å². The van der Waals surface area contributed by atoms with Crippen LogP contribution in [-0.4, -0.2) is 19.1 Å². The van der Waals surface area contributed by atoms with E-state index in [4.69, 9.17) is 16.3 Å². The SMILES string of the molecule is CCOc1ccccc1NC(=O)CNc1ccc(C)cc1Cl. The molecule has 0 heterocycles. The molecule has 0 aliphatic heterocycles. The fraction of sp³-hybridized carbons (Fsp3) is 0.235. The molecule has 0 saturated carbocycles. The Kier molecular flexibility index (Phi) is 5.67. The Morgan fingerprint density at radius 2 is 1.95 bits per heavy atom. The van der Waals surface area contributed by atoms with E-state index in [1.54, 1.807) is 0 Å². The first-order valence-electron chi connectivity index (χ1n) is 7.12. The number of rotatable bonds is 6. The van der Waals surface area contributed by atoms with Gasteiger partial charge >= 0.3 is 0 Å². The number of anilines is 2. The minimum atomic E-state index is -0.163. The monoisotopic (exact) mass is 318 g/mol. The second-order valence-corrected chi connectivity index (χ2v) is 5.22. The van der Waals surface area contributed by atoms with Gasteiger partial charge in [-0.25, -0.2) is 0 Å². The molecule has 0 bridgehead atoms. The van der Waals surface area contributed by atoms with Crippen LogP contribution >= 0.6 is 11.6 Å². The Bertz CT molecular complexity index is 659. The number of hydrogen-bond donors (Lipinski definition) is 2. The summed E-state index contributed by atoms with van der Waals surface area (Å²) in [7, 11) is 0. The van der Waals surface area contributed by atoms with Crippen LogP contribution in [0.5, 0.6) is 5.75 Å². The number of ether oxygens (including phenoxy) is 1. The normalized spacial score (nSPS) is 10.1. The van der Waals surface area contributed by atoms with E-state index in [0.717, 1.165) is 11.3 Å². The highest BCUT2D eigenvalue weighted by Gasteiger charge is 2.08. The number of amides is 1. The highest BCUT2D eigenvalue weighted by molar-refractivity contribution is 6.33. The average Bonchev–Trinajstić information content (AvgIpc) is 2.48. The lowest BCUT2D eigenvalue weighted by molar-refractivity contribution is -0.114. The lowest BCUT2D eigenvalue weighted by atomic mass is 10.2. The molecular formula is C17H19ClN2O2. The summed E-state index contributed by atoms with van der Waals surface area (Å²) in [5, 5.41) is 6.45. The van der Waals surface area contributed by atoms with Crippen molar-refractivity contribution >= 4 is 28.9 Å². The summed E-state index contributed by atoms with van der Waals surface area (Å²) >= 11 is 6.13. The number of carbonyl (C=O) groups excluding carboxylic acids is 1. The highest BCUT2D eigenvalue weighted by Crippen LogP contribution is 2.24. The van der Waals surface area contributed by atoms with E-state index in [2.05, 4.69) is 10.6 Å². The molecule has 4 nitrogen and oxygen atoms in total. The maximum atomic E-state index is 12.0. The molecule has 22 heavy (non-hydrogen) atoms. The smallest absolute Gasteiger partial charge is 0.243 e. The zero-order valence-corrected chi connectivity index (χ0v) is 13.4. The Morgan fingerprint density at radius 3 is 2.68 bits per heavy atom. The maximum absolute atomic E-state index is 12.0. The molecule has 5 heteroatoms. The number of para-hydroxylation sites is 2. The van der Waals surface area contributed by atoms with E-state index in [0.29, 0.717) is 23.1 Å². The van der Waals surface area contributed by atoms with Gasteiger partial charge in [-0.05, 0) is 43.7 Å². The molecule has 2 N–H and O–H groups in total. The van der Waals surface area contributed by atoms with Crippen LogP contribution in [0.25, 0.3) is 0 Å². The predicted molar refractivity (Wildman–Crippen MR) is 90.9 cm³/mol. The van der Waals surface area contributed by atoms with Crippen molar-refractivity contribution in [2.24, 2.45) is 0 Å². The van der Waals surface area contributed by atoms with Crippen molar-refractivity contribution in [2.45, 2.75) is 13.8 Å². The number of halogens is 1. The van der Waals surface area contributed by atoms with Gasteiger partial charge in [0.2, 0.25) is 5.91 Å². The number of hydrogen-bond acceptors (Lipinski definition) is 3. The van der Waals surface area contributed by atoms with E-state index in [9.17, 15) is 4.79 Å². The van der Waals surface area contributed by atoms with Crippen molar-refractivity contribution in [2.75, 3.05) is 23.8 Å². The van der Waals surface area contributed by atoms with Crippen LogP contribution in [0.3, 0.4) is 0 Å². The van der Waals surface area contributed by atoms with Crippen LogP contribution in [0.4, 0.5) is 11.4 Å². The first-order valence-corrected chi connectivity index (χ1v) is 7.49. The van der Waals surface area contributed by atoms with Gasteiger partial charge in [-0.1, -0.05) is 29.8 Å². The molecule has 0 aliphatic carbocycles. The third-order valence-corrected chi connectivity index (χ3v) is 3.34. The molecule has 116 valence electrons. The maximum Gasteiger partial charge on any atom is 0.243 e. The topological polar surface area (TPSA) is 50.4 Å². The molecule has 0 aromatic heterocycles. The van der Waals surface area contributed by atoms with E-state index < -0.39 is 0 Å². The molecule has 0 fully saturated rings. The van der Waals surface area contributed by atoms with Gasteiger partial charge < -0.3 is 15.4 Å². The van der Waals surface area contributed by atoms with Crippen molar-refractivity contribution in [3.05, 3.63) is 53.1 Å². The van der Waals surface area contributed by atoms with Crippen molar-refractivity contribution in [3.8, 4) is 5.75 Å². The largest absolute Gasteiger partial charge is 0.492 e. The molecule has 0 radical (unpaired) electrons. The first-order chi connectivity index (χ1) is 10.6. The summed E-state index contributed by atoms with van der Waals surface area (Å²) in [5.74, 6) is 0.496. The molecule has 0 saturated heterocycles. The Morgan fingerprint density at radius 1 is 1.18 bits per heavy atom. The summed E-state index contributed by atoms with van der Waals surface area (Å²) in [4.78, 5) is 12.0. The number of aryl methyl sites for hydroxylation is 1. The fourth-order valence-electron chi connectivity index (χ4n) is 1.98. The van der Waals surface area contributed by atoms with Crippen LogP contribution in [-0.2, 0) is 4.79 Å². The minimum Gasteiger partial charge on any atom is -0.492 e. The van der Waals surface area contributed by atoms with Gasteiger partial charge in [0.25, 0.3) is 0 Å². The predicted octanol–water partition coefficient (Wildman–Crippen LogP) is 4.10. The highest BCUT2D eigenvalue weighted by atomic mass is 35.5. The molecule has 2 rings (SSSR count). The summed E-state index contributed by atoms with van der Waals surface area (Å²) in [6.07, 6.45) is 0. The zero-order valence-electron chi connectivity index (χ0n) is 12.7. The second-order valence-electron chi connectivity index (χ2n) is 4.81. The molecule has 0 unspecified atom stereocenters. The molecular weight excluding hydrogens is 300 g/mol. The quantitative estimate of drug-likeness (QED) is 0.843. The summed E-state index contributed by atoms with van der Waals surface area (Å²) in [6.45, 7) is 4.54. The third kappa shape index (κ3) is 4.40. The van der Waals surface area contributed by atoms with Crippen LogP contribution in [0.1, 0.15) is 12.5 Å². The van der Waals surface area contributed by atoms with E-state index in [1.807, 2.05) is 56.3 Å². The lowest BCUT2D eigenvalue weighted by Crippen LogP contribution is -2.22. The van der Waals surface area contributed by atoms with Crippen molar-refractivity contribution in [1.29, 1.82) is 0 Å². The molecule has 0 atom stereocenters. The molecule has 2 aromatic carbocycles. The van der Waals surface area contributed by atoms with E-state index in [-0.39, 0.29) is 12.5 Å². The Labute approximate surface area is 135 Å². The Hall–Kier alpha value is -2.20. The van der Waals surface area contributed by atoms with Gasteiger partial charge in [0.15, 0.2) is 0 Å². The summed E-state index contributed by atoms with van der Waals surface area (Å²) < 4.78 is 5.48. The van der Waals surface area contributed by atoms with E-state index in [1.165, 1.54) is 0 Å². The van der Waals surface area contributed by atoms with Gasteiger partial charge in [-0.15, -0.1) is 0 Å². The number of benzene rings is 2. The van der Waals surface area contributed by atoms with Crippen LogP contribution in [0.2, 0.25) is 5.02 Å². The lowest BCUT2D eigenvalue weighted by Gasteiger charge is -2.12. The molecule has 1 amide bonds. The summed E-state index contributed by atoms with van der Waals surface area (Å²) in [6, 6.07) is 13.0. The second kappa shape index (κ2) is 7.71. The first kappa shape index (κ1) is 16.2. The molecule has 0 aliphatic rings. The molecule has 0 spiro atoms. The summed E-state index contributed by atoms with van der Waals surface area (Å²) in [5.41, 5.74) is 2.47. The third-order valence-electron chi connectivity index (χ3n) is 3.02. The van der Waals surface area contributed by atoms with Gasteiger partial charge in [0.1, 0.15) is 5.75 Å². The molecule has 2 aromatic rings. The van der Waals surface area contributed by atoms with Crippen LogP contribution < -0.4 is 15.4 Å². The van der Waals surface area contributed by atoms with Gasteiger partial charge in [0.05, 0.1) is 29.5 Å². The van der Waals surface area contributed by atoms with Crippen LogP contribution in [0, 0.1) is 6.92 Å². The van der Waals surface area contributed by atoms with Crippen molar-refractivity contribution < 1.29 is 9.53 Å². The van der Waals surface area contributed by atoms with Crippen molar-refractivity contribution in [3.63, 3.8) is 0 Å². The minimum absolute atomic E-state index is 0.128. The Balaban J connectivity index is 1.96. The number of carbonyl (C=O) groups is 1. The average molecular weight is 319 g/mol. The standard InChI is InChI=1S/C17H19ClN2O2/c1-3-22-16-7-5-4-6-15(16)20-17(21)11-19-14-9-8-12(2)10-13(14)18/h4-10,19H,3,11H2,1-2H3,(H,20,21). The zero-order chi connectivity index (χ0) is 15.9. The fourth-order valence-corrected chi connectivity index (χ4v) is 2.29. The van der Waals surface area contributed by atoms with E-state index >= 15 is 0 Å². The number of nitrogens with one attached hydrogen (secondary N) is 2. The van der Waals surface area contributed by atoms with Gasteiger partial charge in [-0.3, -0.25) is 4.79 Å².